The van der Waals surface area contributed by atoms with Crippen LogP contribution in [-0.4, -0.2) is 45.1 Å². The van der Waals surface area contributed by atoms with Gasteiger partial charge in [-0.15, -0.1) is 0 Å². The van der Waals surface area contributed by atoms with Crippen molar-refractivity contribution in [1.29, 1.82) is 0 Å². The van der Waals surface area contributed by atoms with Gasteiger partial charge >= 0.3 is 0 Å². The lowest BCUT2D eigenvalue weighted by Gasteiger charge is -2.24. The van der Waals surface area contributed by atoms with Crippen LogP contribution in [0.2, 0.25) is 0 Å². The van der Waals surface area contributed by atoms with E-state index >= 15 is 0 Å². The highest BCUT2D eigenvalue weighted by Crippen LogP contribution is 2.13. The minimum Gasteiger partial charge on any atom is -0.338 e. The fourth-order valence-corrected chi connectivity index (χ4v) is 2.66. The standard InChI is InChI=1S/C15H24N2O3S/c1-12(2)11-17(10-4-9-16)15(18)13-5-7-14(8-6-13)21(3,19)20/h5-8,12H,4,9-11,16H2,1-3H3. The number of benzene rings is 1. The maximum Gasteiger partial charge on any atom is 0.253 e. The first-order chi connectivity index (χ1) is 9.75. The van der Waals surface area contributed by atoms with Crippen molar-refractivity contribution in [3.63, 3.8) is 0 Å². The number of carbonyl (C=O) groups is 1. The molecule has 2 N–H and O–H groups in total. The molecule has 0 aliphatic heterocycles. The summed E-state index contributed by atoms with van der Waals surface area (Å²) >= 11 is 0. The van der Waals surface area contributed by atoms with E-state index in [1.807, 2.05) is 0 Å². The molecule has 0 bridgehead atoms. The molecule has 1 rings (SSSR count). The van der Waals surface area contributed by atoms with Crippen molar-refractivity contribution < 1.29 is 13.2 Å². The summed E-state index contributed by atoms with van der Waals surface area (Å²) in [6.07, 6.45) is 1.90. The predicted molar refractivity (Wildman–Crippen MR) is 84.0 cm³/mol. The Labute approximate surface area is 127 Å². The summed E-state index contributed by atoms with van der Waals surface area (Å²) in [6.45, 7) is 5.91. The van der Waals surface area contributed by atoms with Crippen molar-refractivity contribution >= 4 is 15.7 Å². The number of hydrogen-bond acceptors (Lipinski definition) is 4. The molecule has 6 heteroatoms. The van der Waals surface area contributed by atoms with E-state index in [1.54, 1.807) is 17.0 Å². The third kappa shape index (κ3) is 5.47. The van der Waals surface area contributed by atoms with Crippen LogP contribution in [0, 0.1) is 5.92 Å². The van der Waals surface area contributed by atoms with Crippen molar-refractivity contribution in [2.24, 2.45) is 11.7 Å². The number of nitrogens with zero attached hydrogens (tertiary/aromatic N) is 1. The van der Waals surface area contributed by atoms with Crippen molar-refractivity contribution in [2.45, 2.75) is 25.2 Å². The third-order valence-corrected chi connectivity index (χ3v) is 4.16. The summed E-state index contributed by atoms with van der Waals surface area (Å²) < 4.78 is 22.9. The Morgan fingerprint density at radius 2 is 1.81 bits per heavy atom. The second-order valence-electron chi connectivity index (χ2n) is 5.58. The van der Waals surface area contributed by atoms with Crippen molar-refractivity contribution in [2.75, 3.05) is 25.9 Å². The van der Waals surface area contributed by atoms with Crippen LogP contribution in [0.1, 0.15) is 30.6 Å². The average molecular weight is 312 g/mol. The first-order valence-corrected chi connectivity index (χ1v) is 8.94. The number of hydrogen-bond donors (Lipinski definition) is 1. The zero-order valence-corrected chi connectivity index (χ0v) is 13.7. The topological polar surface area (TPSA) is 80.5 Å². The Bertz CT molecular complexity index is 565. The lowest BCUT2D eigenvalue weighted by molar-refractivity contribution is 0.0735. The van der Waals surface area contributed by atoms with Gasteiger partial charge in [0.05, 0.1) is 4.90 Å². The molecule has 0 saturated carbocycles. The minimum atomic E-state index is -3.24. The number of rotatable bonds is 7. The quantitative estimate of drug-likeness (QED) is 0.828. The average Bonchev–Trinajstić information content (AvgIpc) is 2.41. The van der Waals surface area contributed by atoms with Gasteiger partial charge in [0.25, 0.3) is 5.91 Å². The van der Waals surface area contributed by atoms with Gasteiger partial charge in [-0.25, -0.2) is 8.42 Å². The Kier molecular flexibility index (Phi) is 6.36. The summed E-state index contributed by atoms with van der Waals surface area (Å²) in [5, 5.41) is 0. The first-order valence-electron chi connectivity index (χ1n) is 7.05. The predicted octanol–water partition coefficient (Wildman–Crippen LogP) is 1.54. The van der Waals surface area contributed by atoms with Crippen LogP contribution < -0.4 is 5.73 Å². The van der Waals surface area contributed by atoms with E-state index < -0.39 is 9.84 Å². The van der Waals surface area contributed by atoms with Crippen molar-refractivity contribution in [1.82, 2.24) is 4.90 Å². The van der Waals surface area contributed by atoms with Gasteiger partial charge in [0.2, 0.25) is 0 Å². The molecule has 0 fully saturated rings. The van der Waals surface area contributed by atoms with Crippen molar-refractivity contribution in [3.05, 3.63) is 29.8 Å². The molecule has 0 atom stereocenters. The molecule has 1 aromatic carbocycles. The second kappa shape index (κ2) is 7.56. The molecule has 0 heterocycles. The number of nitrogens with two attached hydrogens (primary N) is 1. The highest BCUT2D eigenvalue weighted by atomic mass is 32.2. The van der Waals surface area contributed by atoms with Gasteiger partial charge in [-0.2, -0.15) is 0 Å². The summed E-state index contributed by atoms with van der Waals surface area (Å²) in [7, 11) is -3.24. The number of sulfone groups is 1. The van der Waals surface area contributed by atoms with Gasteiger partial charge in [-0.05, 0) is 43.1 Å². The highest BCUT2D eigenvalue weighted by Gasteiger charge is 2.17. The van der Waals surface area contributed by atoms with Gasteiger partial charge < -0.3 is 10.6 Å². The summed E-state index contributed by atoms with van der Waals surface area (Å²) in [5.74, 6) is 0.277. The zero-order valence-electron chi connectivity index (χ0n) is 12.9. The van der Waals surface area contributed by atoms with E-state index in [2.05, 4.69) is 13.8 Å². The van der Waals surface area contributed by atoms with E-state index in [-0.39, 0.29) is 10.8 Å². The molecule has 0 spiro atoms. The molecule has 0 radical (unpaired) electrons. The van der Waals surface area contributed by atoms with Gasteiger partial charge in [0.1, 0.15) is 0 Å². The highest BCUT2D eigenvalue weighted by molar-refractivity contribution is 7.90. The lowest BCUT2D eigenvalue weighted by atomic mass is 10.1. The van der Waals surface area contributed by atoms with Crippen LogP contribution in [0.25, 0.3) is 0 Å². The third-order valence-electron chi connectivity index (χ3n) is 3.03. The maximum atomic E-state index is 12.5. The van der Waals surface area contributed by atoms with Gasteiger partial charge in [0, 0.05) is 24.9 Å². The minimum absolute atomic E-state index is 0.0859. The van der Waals surface area contributed by atoms with E-state index in [1.165, 1.54) is 12.1 Å². The van der Waals surface area contributed by atoms with Crippen molar-refractivity contribution in [3.8, 4) is 0 Å². The Morgan fingerprint density at radius 3 is 2.24 bits per heavy atom. The molecular formula is C15H24N2O3S. The lowest BCUT2D eigenvalue weighted by Crippen LogP contribution is -2.35. The Balaban J connectivity index is 2.92. The first kappa shape index (κ1) is 17.7. The van der Waals surface area contributed by atoms with E-state index in [9.17, 15) is 13.2 Å². The molecule has 0 aromatic heterocycles. The van der Waals surface area contributed by atoms with Crippen LogP contribution in [0.3, 0.4) is 0 Å². The normalized spacial score (nSPS) is 11.7. The molecular weight excluding hydrogens is 288 g/mol. The fourth-order valence-electron chi connectivity index (χ4n) is 2.03. The van der Waals surface area contributed by atoms with Gasteiger partial charge in [-0.1, -0.05) is 13.8 Å². The number of carbonyl (C=O) groups excluding carboxylic acids is 1. The SMILES string of the molecule is CC(C)CN(CCCN)C(=O)c1ccc(S(C)(=O)=O)cc1. The van der Waals surface area contributed by atoms with Crippen LogP contribution >= 0.6 is 0 Å². The van der Waals surface area contributed by atoms with Crippen LogP contribution in [-0.2, 0) is 9.84 Å². The Morgan fingerprint density at radius 1 is 1.24 bits per heavy atom. The van der Waals surface area contributed by atoms with Crippen LogP contribution in [0.15, 0.2) is 29.2 Å². The maximum absolute atomic E-state index is 12.5. The molecule has 0 saturated heterocycles. The van der Waals surface area contributed by atoms with Crippen LogP contribution in [0.4, 0.5) is 0 Å². The fraction of sp³-hybridized carbons (Fsp3) is 0.533. The van der Waals surface area contributed by atoms with Gasteiger partial charge in [-0.3, -0.25) is 4.79 Å². The molecule has 21 heavy (non-hydrogen) atoms. The molecule has 0 aliphatic carbocycles. The summed E-state index contributed by atoms with van der Waals surface area (Å²) in [4.78, 5) is 14.5. The summed E-state index contributed by atoms with van der Waals surface area (Å²) in [6, 6.07) is 6.07. The molecule has 0 unspecified atom stereocenters. The molecule has 1 amide bonds. The zero-order chi connectivity index (χ0) is 16.0. The molecule has 5 nitrogen and oxygen atoms in total. The second-order valence-corrected chi connectivity index (χ2v) is 7.60. The largest absolute Gasteiger partial charge is 0.338 e. The number of amides is 1. The summed E-state index contributed by atoms with van der Waals surface area (Å²) in [5.41, 5.74) is 6.01. The molecule has 0 aliphatic rings. The molecule has 118 valence electrons. The van der Waals surface area contributed by atoms with E-state index in [0.29, 0.717) is 31.1 Å². The molecule has 1 aromatic rings. The van der Waals surface area contributed by atoms with E-state index in [0.717, 1.165) is 12.7 Å². The van der Waals surface area contributed by atoms with Gasteiger partial charge in [0.15, 0.2) is 9.84 Å². The Hall–Kier alpha value is -1.40. The smallest absolute Gasteiger partial charge is 0.253 e. The monoisotopic (exact) mass is 312 g/mol. The van der Waals surface area contributed by atoms with E-state index in [4.69, 9.17) is 5.73 Å². The van der Waals surface area contributed by atoms with Crippen LogP contribution in [0.5, 0.6) is 0 Å².